The van der Waals surface area contributed by atoms with Gasteiger partial charge in [0.1, 0.15) is 17.1 Å². The van der Waals surface area contributed by atoms with Crippen molar-refractivity contribution >= 4 is 22.7 Å². The van der Waals surface area contributed by atoms with Gasteiger partial charge in [0.15, 0.2) is 0 Å². The Balaban J connectivity index is 2.58. The van der Waals surface area contributed by atoms with Crippen molar-refractivity contribution in [1.82, 2.24) is 0 Å². The smallest absolute Gasteiger partial charge is 0.149 e. The van der Waals surface area contributed by atoms with Gasteiger partial charge in [0.25, 0.3) is 0 Å². The average Bonchev–Trinajstić information content (AvgIpc) is 2.15. The Labute approximate surface area is 58.8 Å². The molecule has 9 heavy (non-hydrogen) atoms. The molecule has 0 aliphatic heterocycles. The second-order valence-corrected chi connectivity index (χ2v) is 2.60. The van der Waals surface area contributed by atoms with E-state index in [2.05, 4.69) is 4.18 Å². The summed E-state index contributed by atoms with van der Waals surface area (Å²) in [7, 11) is 0. The van der Waals surface area contributed by atoms with Crippen LogP contribution in [-0.2, 0) is 11.4 Å². The molecule has 0 saturated heterocycles. The first kappa shape index (κ1) is 6.73. The van der Waals surface area contributed by atoms with E-state index < -0.39 is 11.4 Å². The van der Waals surface area contributed by atoms with E-state index in [4.69, 9.17) is 0 Å². The first-order valence-electron chi connectivity index (χ1n) is 2.09. The van der Waals surface area contributed by atoms with Crippen molar-refractivity contribution in [2.45, 2.75) is 0 Å². The molecule has 0 N–H and O–H groups in total. The molecule has 0 fully saturated rings. The maximum absolute atomic E-state index is 9.85. The Morgan fingerprint density at radius 1 is 1.78 bits per heavy atom. The minimum atomic E-state index is -2.44. The lowest BCUT2D eigenvalue weighted by molar-refractivity contribution is 0.441. The van der Waals surface area contributed by atoms with Gasteiger partial charge in [0.05, 0.1) is 0 Å². The standard InChI is InChI=1S/C4H4O3S2/c5-9(6)7-4-1-2-8-3-4/h1-3H,(H,5,6)/p-1. The highest BCUT2D eigenvalue weighted by molar-refractivity contribution is 7.74. The zero-order valence-corrected chi connectivity index (χ0v) is 5.91. The quantitative estimate of drug-likeness (QED) is 0.609. The van der Waals surface area contributed by atoms with E-state index in [0.29, 0.717) is 5.75 Å². The number of hydrogen-bond acceptors (Lipinski definition) is 4. The Bertz CT molecular complexity index is 194. The maximum Gasteiger partial charge on any atom is 0.149 e. The third kappa shape index (κ3) is 2.13. The Morgan fingerprint density at radius 3 is 3.00 bits per heavy atom. The summed E-state index contributed by atoms with van der Waals surface area (Å²) >= 11 is -1.06. The molecular formula is C4H3O3S2-. The van der Waals surface area contributed by atoms with Crippen molar-refractivity contribution in [2.75, 3.05) is 0 Å². The van der Waals surface area contributed by atoms with Crippen LogP contribution in [0.1, 0.15) is 0 Å². The molecule has 1 aromatic rings. The largest absolute Gasteiger partial charge is 0.740 e. The van der Waals surface area contributed by atoms with Crippen molar-refractivity contribution in [2.24, 2.45) is 0 Å². The van der Waals surface area contributed by atoms with E-state index in [0.717, 1.165) is 0 Å². The SMILES string of the molecule is O=S([O-])Oc1ccsc1. The molecular weight excluding hydrogens is 160 g/mol. The van der Waals surface area contributed by atoms with Crippen molar-refractivity contribution in [3.05, 3.63) is 16.8 Å². The molecule has 0 aliphatic carbocycles. The van der Waals surface area contributed by atoms with Gasteiger partial charge in [-0.05, 0) is 11.4 Å². The summed E-state index contributed by atoms with van der Waals surface area (Å²) in [6.07, 6.45) is 0. The normalized spacial score (nSPS) is 13.0. The van der Waals surface area contributed by atoms with Crippen LogP contribution < -0.4 is 4.18 Å². The maximum atomic E-state index is 9.85. The van der Waals surface area contributed by atoms with Gasteiger partial charge in [0, 0.05) is 5.38 Å². The number of hydrogen-bond donors (Lipinski definition) is 0. The van der Waals surface area contributed by atoms with Crippen LogP contribution in [0.5, 0.6) is 5.75 Å². The number of rotatable bonds is 2. The highest BCUT2D eigenvalue weighted by atomic mass is 32.2. The molecule has 0 spiro atoms. The van der Waals surface area contributed by atoms with Crippen LogP contribution in [0.25, 0.3) is 0 Å². The van der Waals surface area contributed by atoms with E-state index >= 15 is 0 Å². The summed E-state index contributed by atoms with van der Waals surface area (Å²) in [4.78, 5) is 0. The molecule has 0 aliphatic rings. The van der Waals surface area contributed by atoms with E-state index in [-0.39, 0.29) is 0 Å². The molecule has 0 bridgehead atoms. The van der Waals surface area contributed by atoms with Crippen molar-refractivity contribution in [3.63, 3.8) is 0 Å². The molecule has 1 aromatic heterocycles. The fraction of sp³-hybridized carbons (Fsp3) is 0. The zero-order valence-electron chi connectivity index (χ0n) is 4.27. The molecule has 0 radical (unpaired) electrons. The summed E-state index contributed by atoms with van der Waals surface area (Å²) in [6.45, 7) is 0. The van der Waals surface area contributed by atoms with E-state index in [1.165, 1.54) is 11.3 Å². The van der Waals surface area contributed by atoms with Crippen LogP contribution in [0.2, 0.25) is 0 Å². The summed E-state index contributed by atoms with van der Waals surface area (Å²) in [6, 6.07) is 1.58. The van der Waals surface area contributed by atoms with Crippen LogP contribution in [0.15, 0.2) is 16.8 Å². The van der Waals surface area contributed by atoms with Gasteiger partial charge in [0.2, 0.25) is 0 Å². The molecule has 1 heterocycles. The highest BCUT2D eigenvalue weighted by Gasteiger charge is 1.89. The van der Waals surface area contributed by atoms with Gasteiger partial charge in [-0.1, -0.05) is 0 Å². The topological polar surface area (TPSA) is 49.4 Å². The average molecular weight is 163 g/mol. The summed E-state index contributed by atoms with van der Waals surface area (Å²) in [5, 5.41) is 3.35. The molecule has 1 unspecified atom stereocenters. The zero-order chi connectivity index (χ0) is 6.69. The van der Waals surface area contributed by atoms with Gasteiger partial charge < -0.3 is 8.74 Å². The van der Waals surface area contributed by atoms with Crippen molar-refractivity contribution in [3.8, 4) is 5.75 Å². The minimum absolute atomic E-state index is 0.369. The Hall–Kier alpha value is -0.390. The lowest BCUT2D eigenvalue weighted by Gasteiger charge is -2.02. The van der Waals surface area contributed by atoms with Crippen LogP contribution in [-0.4, -0.2) is 8.76 Å². The predicted octanol–water partition coefficient (Wildman–Crippen LogP) is 0.921. The summed E-state index contributed by atoms with van der Waals surface area (Å²) in [5.74, 6) is 0.369. The molecule has 3 nitrogen and oxygen atoms in total. The van der Waals surface area contributed by atoms with E-state index in [1.807, 2.05) is 0 Å². The molecule has 1 rings (SSSR count). The van der Waals surface area contributed by atoms with Gasteiger partial charge >= 0.3 is 0 Å². The van der Waals surface area contributed by atoms with Gasteiger partial charge in [-0.25, -0.2) is 4.21 Å². The van der Waals surface area contributed by atoms with Crippen LogP contribution in [0, 0.1) is 0 Å². The Morgan fingerprint density at radius 2 is 2.56 bits per heavy atom. The van der Waals surface area contributed by atoms with Gasteiger partial charge in [-0.3, -0.25) is 0 Å². The second kappa shape index (κ2) is 2.95. The summed E-state index contributed by atoms with van der Waals surface area (Å²) in [5.41, 5.74) is 0. The second-order valence-electron chi connectivity index (χ2n) is 1.25. The van der Waals surface area contributed by atoms with Crippen molar-refractivity contribution in [1.29, 1.82) is 0 Å². The first-order chi connectivity index (χ1) is 4.29. The van der Waals surface area contributed by atoms with Crippen molar-refractivity contribution < 1.29 is 12.9 Å². The molecule has 0 amide bonds. The third-order valence-electron chi connectivity index (χ3n) is 0.659. The predicted molar refractivity (Wildman–Crippen MR) is 33.9 cm³/mol. The number of thiophene rings is 1. The lowest BCUT2D eigenvalue weighted by Crippen LogP contribution is -1.95. The fourth-order valence-corrected chi connectivity index (χ4v) is 1.25. The Kier molecular flexibility index (Phi) is 2.21. The van der Waals surface area contributed by atoms with Gasteiger partial charge in [-0.2, -0.15) is 0 Å². The third-order valence-corrected chi connectivity index (χ3v) is 1.65. The molecule has 0 aromatic carbocycles. The highest BCUT2D eigenvalue weighted by Crippen LogP contribution is 2.14. The van der Waals surface area contributed by atoms with E-state index in [1.54, 1.807) is 16.8 Å². The van der Waals surface area contributed by atoms with Crippen LogP contribution in [0.4, 0.5) is 0 Å². The summed E-state index contributed by atoms with van der Waals surface area (Å²) < 4.78 is 24.0. The van der Waals surface area contributed by atoms with E-state index in [9.17, 15) is 8.76 Å². The lowest BCUT2D eigenvalue weighted by atomic mass is 10.6. The van der Waals surface area contributed by atoms with Gasteiger partial charge in [-0.15, -0.1) is 11.3 Å². The van der Waals surface area contributed by atoms with Crippen LogP contribution >= 0.6 is 11.3 Å². The monoisotopic (exact) mass is 163 g/mol. The minimum Gasteiger partial charge on any atom is -0.740 e. The van der Waals surface area contributed by atoms with Crippen LogP contribution in [0.3, 0.4) is 0 Å². The fourth-order valence-electron chi connectivity index (χ4n) is 0.378. The molecule has 5 heteroatoms. The molecule has 50 valence electrons. The molecule has 1 atom stereocenters. The molecule has 0 saturated carbocycles. The first-order valence-corrected chi connectivity index (χ1v) is 4.03.